The maximum atomic E-state index is 12.0. The lowest BCUT2D eigenvalue weighted by Gasteiger charge is -2.18. The van der Waals surface area contributed by atoms with Crippen LogP contribution in [0, 0.1) is 0 Å². The highest BCUT2D eigenvalue weighted by molar-refractivity contribution is 5.83. The molecule has 3 nitrogen and oxygen atoms in total. The van der Waals surface area contributed by atoms with E-state index in [0.717, 1.165) is 0 Å². The molecule has 0 aliphatic carbocycles. The molecule has 0 bridgehead atoms. The van der Waals surface area contributed by atoms with E-state index in [1.54, 1.807) is 18.2 Å². The van der Waals surface area contributed by atoms with Crippen molar-refractivity contribution in [1.29, 1.82) is 0 Å². The molecule has 0 unspecified atom stereocenters. The Morgan fingerprint density at radius 3 is 2.71 bits per heavy atom. The van der Waals surface area contributed by atoms with Crippen LogP contribution in [0.4, 0.5) is 13.2 Å². The molecule has 0 N–H and O–H groups in total. The van der Waals surface area contributed by atoms with Crippen molar-refractivity contribution in [1.82, 2.24) is 0 Å². The fourth-order valence-electron chi connectivity index (χ4n) is 1.37. The molecule has 0 saturated carbocycles. The smallest absolute Gasteiger partial charge is 0.489 e. The first-order chi connectivity index (χ1) is 7.98. The third kappa shape index (κ3) is 2.41. The van der Waals surface area contributed by atoms with Gasteiger partial charge >= 0.3 is 12.1 Å². The van der Waals surface area contributed by atoms with E-state index in [1.807, 2.05) is 0 Å². The number of hydrogen-bond acceptors (Lipinski definition) is 3. The standard InChI is InChI=1S/C11H7F3O3/c12-11(13,14)10(15)17-9-5-6-16-8-4-2-1-3-7(8)9/h1-5H,6H2. The van der Waals surface area contributed by atoms with E-state index < -0.39 is 12.1 Å². The van der Waals surface area contributed by atoms with Gasteiger partial charge in [0.15, 0.2) is 0 Å². The van der Waals surface area contributed by atoms with Crippen LogP contribution in [0.2, 0.25) is 0 Å². The molecule has 0 atom stereocenters. The van der Waals surface area contributed by atoms with Crippen LogP contribution in [-0.4, -0.2) is 18.8 Å². The van der Waals surface area contributed by atoms with Gasteiger partial charge in [-0.2, -0.15) is 13.2 Å². The Morgan fingerprint density at radius 1 is 1.29 bits per heavy atom. The summed E-state index contributed by atoms with van der Waals surface area (Å²) < 4.78 is 45.6. The van der Waals surface area contributed by atoms with Gasteiger partial charge in [0.1, 0.15) is 18.1 Å². The zero-order valence-electron chi connectivity index (χ0n) is 8.45. The number of esters is 1. The van der Waals surface area contributed by atoms with E-state index in [9.17, 15) is 18.0 Å². The van der Waals surface area contributed by atoms with Crippen LogP contribution in [-0.2, 0) is 9.53 Å². The second-order valence-electron chi connectivity index (χ2n) is 3.26. The van der Waals surface area contributed by atoms with Crippen molar-refractivity contribution in [3.05, 3.63) is 35.9 Å². The van der Waals surface area contributed by atoms with Crippen molar-refractivity contribution in [2.75, 3.05) is 6.61 Å². The number of para-hydroxylation sites is 1. The molecule has 1 aliphatic heterocycles. The average Bonchev–Trinajstić information content (AvgIpc) is 2.28. The topological polar surface area (TPSA) is 35.5 Å². The van der Waals surface area contributed by atoms with Crippen LogP contribution in [0.25, 0.3) is 5.76 Å². The summed E-state index contributed by atoms with van der Waals surface area (Å²) >= 11 is 0. The fraction of sp³-hybridized carbons (Fsp3) is 0.182. The predicted molar refractivity (Wildman–Crippen MR) is 52.1 cm³/mol. The third-order valence-electron chi connectivity index (χ3n) is 2.09. The van der Waals surface area contributed by atoms with Crippen LogP contribution in [0.3, 0.4) is 0 Å². The van der Waals surface area contributed by atoms with Crippen LogP contribution < -0.4 is 4.74 Å². The zero-order valence-corrected chi connectivity index (χ0v) is 8.45. The molecule has 1 aliphatic rings. The monoisotopic (exact) mass is 244 g/mol. The number of carbonyl (C=O) groups is 1. The molecular formula is C11H7F3O3. The molecule has 90 valence electrons. The van der Waals surface area contributed by atoms with Crippen molar-refractivity contribution in [3.8, 4) is 5.75 Å². The molecule has 0 radical (unpaired) electrons. The van der Waals surface area contributed by atoms with Gasteiger partial charge in [-0.25, -0.2) is 4.79 Å². The SMILES string of the molecule is O=C(OC1=CCOc2ccccc21)C(F)(F)F. The number of fused-ring (bicyclic) bond motifs is 1. The Bertz CT molecular complexity index is 477. The normalized spacial score (nSPS) is 14.4. The van der Waals surface area contributed by atoms with Gasteiger partial charge in [-0.15, -0.1) is 0 Å². The van der Waals surface area contributed by atoms with E-state index in [2.05, 4.69) is 4.74 Å². The van der Waals surface area contributed by atoms with Crippen LogP contribution in [0.15, 0.2) is 30.3 Å². The first-order valence-electron chi connectivity index (χ1n) is 4.70. The van der Waals surface area contributed by atoms with Gasteiger partial charge in [0, 0.05) is 0 Å². The molecule has 0 fully saturated rings. The van der Waals surface area contributed by atoms with Gasteiger partial charge in [-0.05, 0) is 18.2 Å². The molecule has 1 heterocycles. The fourth-order valence-corrected chi connectivity index (χ4v) is 1.37. The Labute approximate surface area is 94.4 Å². The largest absolute Gasteiger partial charge is 0.491 e. The van der Waals surface area contributed by atoms with E-state index in [-0.39, 0.29) is 12.4 Å². The van der Waals surface area contributed by atoms with E-state index in [1.165, 1.54) is 12.1 Å². The first-order valence-corrected chi connectivity index (χ1v) is 4.70. The second-order valence-corrected chi connectivity index (χ2v) is 3.26. The first kappa shape index (κ1) is 11.5. The summed E-state index contributed by atoms with van der Waals surface area (Å²) in [5.41, 5.74) is 0.330. The molecule has 0 aromatic heterocycles. The number of hydrogen-bond donors (Lipinski definition) is 0. The highest BCUT2D eigenvalue weighted by atomic mass is 19.4. The summed E-state index contributed by atoms with van der Waals surface area (Å²) in [6, 6.07) is 6.39. The summed E-state index contributed by atoms with van der Waals surface area (Å²) in [7, 11) is 0. The molecule has 0 saturated heterocycles. The van der Waals surface area contributed by atoms with Crippen LogP contribution >= 0.6 is 0 Å². The number of alkyl halides is 3. The predicted octanol–water partition coefficient (Wildman–Crippen LogP) is 2.53. The summed E-state index contributed by atoms with van der Waals surface area (Å²) in [5.74, 6) is -1.98. The van der Waals surface area contributed by atoms with Gasteiger partial charge < -0.3 is 9.47 Å². The number of benzene rings is 1. The highest BCUT2D eigenvalue weighted by Crippen LogP contribution is 2.31. The van der Waals surface area contributed by atoms with Gasteiger partial charge in [-0.1, -0.05) is 12.1 Å². The molecule has 1 aromatic carbocycles. The molecule has 0 amide bonds. The van der Waals surface area contributed by atoms with E-state index in [4.69, 9.17) is 4.74 Å². The maximum absolute atomic E-state index is 12.0. The van der Waals surface area contributed by atoms with Crippen molar-refractivity contribution in [2.24, 2.45) is 0 Å². The lowest BCUT2D eigenvalue weighted by atomic mass is 10.1. The quantitative estimate of drug-likeness (QED) is 0.712. The Balaban J connectivity index is 2.24. The van der Waals surface area contributed by atoms with Crippen molar-refractivity contribution >= 4 is 11.7 Å². The maximum Gasteiger partial charge on any atom is 0.491 e. The summed E-state index contributed by atoms with van der Waals surface area (Å²) in [6.45, 7) is 0.0669. The Kier molecular flexibility index (Phi) is 2.79. The lowest BCUT2D eigenvalue weighted by molar-refractivity contribution is -0.192. The van der Waals surface area contributed by atoms with Gasteiger partial charge in [0.25, 0.3) is 0 Å². The van der Waals surface area contributed by atoms with E-state index in [0.29, 0.717) is 11.3 Å². The number of halogens is 3. The summed E-state index contributed by atoms with van der Waals surface area (Å²) in [4.78, 5) is 10.7. The molecule has 1 aromatic rings. The molecule has 17 heavy (non-hydrogen) atoms. The molecule has 0 spiro atoms. The van der Waals surface area contributed by atoms with Gasteiger partial charge in [0.05, 0.1) is 5.56 Å². The Hall–Kier alpha value is -1.98. The summed E-state index contributed by atoms with van der Waals surface area (Å²) in [5, 5.41) is 0. The van der Waals surface area contributed by atoms with Crippen molar-refractivity contribution in [2.45, 2.75) is 6.18 Å². The third-order valence-corrected chi connectivity index (χ3v) is 2.09. The van der Waals surface area contributed by atoms with Crippen LogP contribution in [0.5, 0.6) is 5.75 Å². The number of rotatable bonds is 1. The van der Waals surface area contributed by atoms with Gasteiger partial charge in [0.2, 0.25) is 0 Å². The second kappa shape index (κ2) is 4.12. The summed E-state index contributed by atoms with van der Waals surface area (Å²) in [6.07, 6.45) is -3.72. The molecular weight excluding hydrogens is 237 g/mol. The number of ether oxygens (including phenoxy) is 2. The molecule has 6 heteroatoms. The zero-order chi connectivity index (χ0) is 12.5. The molecule has 2 rings (SSSR count). The van der Waals surface area contributed by atoms with Crippen LogP contribution in [0.1, 0.15) is 5.56 Å². The minimum Gasteiger partial charge on any atom is -0.489 e. The Morgan fingerprint density at radius 2 is 2.00 bits per heavy atom. The van der Waals surface area contributed by atoms with Crippen molar-refractivity contribution < 1.29 is 27.4 Å². The average molecular weight is 244 g/mol. The highest BCUT2D eigenvalue weighted by Gasteiger charge is 2.42. The minimum atomic E-state index is -5.01. The van der Waals surface area contributed by atoms with Gasteiger partial charge in [-0.3, -0.25) is 0 Å². The van der Waals surface area contributed by atoms with Crippen molar-refractivity contribution in [3.63, 3.8) is 0 Å². The minimum absolute atomic E-state index is 0.0669. The van der Waals surface area contributed by atoms with E-state index >= 15 is 0 Å². The lowest BCUT2D eigenvalue weighted by Crippen LogP contribution is -2.25. The number of carbonyl (C=O) groups excluding carboxylic acids is 1.